The first kappa shape index (κ1) is 23.4. The van der Waals surface area contributed by atoms with Crippen molar-refractivity contribution in [3.05, 3.63) is 138 Å². The van der Waals surface area contributed by atoms with Gasteiger partial charge in [-0.25, -0.2) is 0 Å². The Labute approximate surface area is 212 Å². The highest BCUT2D eigenvalue weighted by Crippen LogP contribution is 2.48. The first-order chi connectivity index (χ1) is 17.6. The minimum Gasteiger partial charge on any atom is -0.468 e. The van der Waals surface area contributed by atoms with Crippen LogP contribution in [0.3, 0.4) is 0 Å². The maximum absolute atomic E-state index is 14.3. The van der Waals surface area contributed by atoms with Gasteiger partial charge >= 0.3 is 5.97 Å². The van der Waals surface area contributed by atoms with Gasteiger partial charge in [0.15, 0.2) is 0 Å². The predicted molar refractivity (Wildman–Crippen MR) is 146 cm³/mol. The van der Waals surface area contributed by atoms with Crippen LogP contribution in [0.5, 0.6) is 0 Å². The third-order valence-corrected chi connectivity index (χ3v) is 6.99. The average molecular weight is 475 g/mol. The molecule has 0 aliphatic carbocycles. The van der Waals surface area contributed by atoms with Crippen LogP contribution in [0, 0.1) is 6.92 Å². The Bertz CT molecular complexity index is 1470. The minimum atomic E-state index is -1.18. The number of carbonyl (C=O) groups excluding carboxylic acids is 1. The molecule has 1 aromatic heterocycles. The lowest BCUT2D eigenvalue weighted by Gasteiger charge is -2.40. The van der Waals surface area contributed by atoms with E-state index in [1.807, 2.05) is 79.8 Å². The summed E-state index contributed by atoms with van der Waals surface area (Å²) >= 11 is 0. The molecule has 4 nitrogen and oxygen atoms in total. The summed E-state index contributed by atoms with van der Waals surface area (Å²) in [6, 6.07) is 36.1. The van der Waals surface area contributed by atoms with Crippen LogP contribution in [0.2, 0.25) is 0 Å². The number of methoxy groups -OCH3 is 1. The second-order valence-corrected chi connectivity index (χ2v) is 9.19. The third-order valence-electron chi connectivity index (χ3n) is 6.99. The number of anilines is 1. The largest absolute Gasteiger partial charge is 0.468 e. The Morgan fingerprint density at radius 3 is 2.11 bits per heavy atom. The van der Waals surface area contributed by atoms with Gasteiger partial charge in [-0.15, -0.1) is 0 Å². The Hall–Kier alpha value is -4.31. The first-order valence-corrected chi connectivity index (χ1v) is 12.1. The molecule has 0 amide bonds. The molecule has 0 unspecified atom stereocenters. The van der Waals surface area contributed by atoms with Crippen molar-refractivity contribution in [2.24, 2.45) is 7.05 Å². The molecule has 0 spiro atoms. The number of ether oxygens (including phenoxy) is 1. The molecule has 4 heteroatoms. The standard InChI is InChI=1S/C32H30N2O2/c1-23-18-20-24(21-19-23)30(33-26-14-8-5-9-15-26)32(31(35)36-3,25-12-6-4-7-13-25)28-22-34(2)29-17-11-10-16-27(28)29/h4-22,30,33H,1-3H3/t30-,32-/m1/s1. The van der Waals surface area contributed by atoms with E-state index in [2.05, 4.69) is 59.4 Å². The Morgan fingerprint density at radius 2 is 1.44 bits per heavy atom. The summed E-state index contributed by atoms with van der Waals surface area (Å²) in [5.74, 6) is -0.320. The smallest absolute Gasteiger partial charge is 0.323 e. The first-order valence-electron chi connectivity index (χ1n) is 12.1. The highest BCUT2D eigenvalue weighted by atomic mass is 16.5. The Balaban J connectivity index is 1.90. The molecule has 5 rings (SSSR count). The number of nitrogens with zero attached hydrogens (tertiary/aromatic N) is 1. The summed E-state index contributed by atoms with van der Waals surface area (Å²) in [5.41, 5.74) is 4.71. The molecule has 0 aliphatic rings. The maximum Gasteiger partial charge on any atom is 0.323 e. The molecule has 4 aromatic carbocycles. The van der Waals surface area contributed by atoms with Gasteiger partial charge in [0.25, 0.3) is 0 Å². The molecule has 0 saturated heterocycles. The van der Waals surface area contributed by atoms with Gasteiger partial charge < -0.3 is 14.6 Å². The zero-order valence-electron chi connectivity index (χ0n) is 20.8. The van der Waals surface area contributed by atoms with Crippen molar-refractivity contribution in [3.8, 4) is 0 Å². The predicted octanol–water partition coefficient (Wildman–Crippen LogP) is 6.80. The van der Waals surface area contributed by atoms with Gasteiger partial charge in [-0.1, -0.05) is 96.6 Å². The average Bonchev–Trinajstić information content (AvgIpc) is 3.26. The number of aromatic nitrogens is 1. The number of aryl methyl sites for hydroxylation is 2. The molecule has 36 heavy (non-hydrogen) atoms. The lowest BCUT2D eigenvalue weighted by atomic mass is 9.66. The highest BCUT2D eigenvalue weighted by Gasteiger charge is 2.52. The van der Waals surface area contributed by atoms with E-state index in [-0.39, 0.29) is 5.97 Å². The number of para-hydroxylation sites is 2. The van der Waals surface area contributed by atoms with E-state index >= 15 is 0 Å². The van der Waals surface area contributed by atoms with Crippen LogP contribution in [-0.2, 0) is 22.0 Å². The number of benzene rings is 4. The number of carbonyl (C=O) groups is 1. The summed E-state index contributed by atoms with van der Waals surface area (Å²) in [4.78, 5) is 14.3. The summed E-state index contributed by atoms with van der Waals surface area (Å²) < 4.78 is 7.74. The molecular formula is C32H30N2O2. The summed E-state index contributed by atoms with van der Waals surface area (Å²) in [5, 5.41) is 4.75. The Morgan fingerprint density at radius 1 is 0.833 bits per heavy atom. The summed E-state index contributed by atoms with van der Waals surface area (Å²) in [6.07, 6.45) is 2.07. The molecular weight excluding hydrogens is 444 g/mol. The molecule has 1 heterocycles. The molecule has 0 fully saturated rings. The maximum atomic E-state index is 14.3. The number of hydrogen-bond acceptors (Lipinski definition) is 3. The minimum absolute atomic E-state index is 0.320. The van der Waals surface area contributed by atoms with Crippen LogP contribution >= 0.6 is 0 Å². The second-order valence-electron chi connectivity index (χ2n) is 9.19. The molecule has 0 aliphatic heterocycles. The molecule has 1 N–H and O–H groups in total. The fraction of sp³-hybridized carbons (Fsp3) is 0.156. The molecule has 0 saturated carbocycles. The topological polar surface area (TPSA) is 43.3 Å². The van der Waals surface area contributed by atoms with E-state index in [1.165, 1.54) is 7.11 Å². The monoisotopic (exact) mass is 474 g/mol. The zero-order valence-corrected chi connectivity index (χ0v) is 20.8. The highest BCUT2D eigenvalue weighted by molar-refractivity contribution is 5.97. The number of esters is 1. The normalized spacial score (nSPS) is 13.6. The number of rotatable bonds is 7. The SMILES string of the molecule is COC(=O)[C@](c1ccccc1)(c1cn(C)c2ccccc12)[C@H](Nc1ccccc1)c1ccc(C)cc1. The van der Waals surface area contributed by atoms with E-state index in [9.17, 15) is 4.79 Å². The van der Waals surface area contributed by atoms with Crippen LogP contribution in [0.4, 0.5) is 5.69 Å². The van der Waals surface area contributed by atoms with Crippen molar-refractivity contribution >= 4 is 22.6 Å². The van der Waals surface area contributed by atoms with E-state index in [0.29, 0.717) is 0 Å². The molecule has 2 atom stereocenters. The fourth-order valence-corrected chi connectivity index (χ4v) is 5.24. The number of hydrogen-bond donors (Lipinski definition) is 1. The molecule has 0 bridgehead atoms. The Kier molecular flexibility index (Phi) is 6.34. The van der Waals surface area contributed by atoms with Gasteiger partial charge in [0, 0.05) is 35.4 Å². The molecule has 0 radical (unpaired) electrons. The van der Waals surface area contributed by atoms with Crippen LogP contribution in [0.25, 0.3) is 10.9 Å². The van der Waals surface area contributed by atoms with Gasteiger partial charge in [-0.05, 0) is 36.2 Å². The van der Waals surface area contributed by atoms with E-state index < -0.39 is 11.5 Å². The number of nitrogens with one attached hydrogen (secondary N) is 1. The summed E-state index contributed by atoms with van der Waals surface area (Å²) in [6.45, 7) is 2.07. The van der Waals surface area contributed by atoms with Crippen LogP contribution in [0.15, 0.2) is 115 Å². The van der Waals surface area contributed by atoms with Crippen molar-refractivity contribution in [2.75, 3.05) is 12.4 Å². The summed E-state index contributed by atoms with van der Waals surface area (Å²) in [7, 11) is 3.49. The van der Waals surface area contributed by atoms with E-state index in [0.717, 1.165) is 38.8 Å². The second kappa shape index (κ2) is 9.74. The van der Waals surface area contributed by atoms with Gasteiger partial charge in [-0.2, -0.15) is 0 Å². The zero-order chi connectivity index (χ0) is 25.1. The van der Waals surface area contributed by atoms with Crippen LogP contribution in [-0.4, -0.2) is 17.6 Å². The quantitative estimate of drug-likeness (QED) is 0.264. The lowest BCUT2D eigenvalue weighted by molar-refractivity contribution is -0.146. The van der Waals surface area contributed by atoms with Crippen molar-refractivity contribution in [3.63, 3.8) is 0 Å². The van der Waals surface area contributed by atoms with Gasteiger partial charge in [0.1, 0.15) is 5.41 Å². The fourth-order valence-electron chi connectivity index (χ4n) is 5.24. The van der Waals surface area contributed by atoms with Crippen molar-refractivity contribution < 1.29 is 9.53 Å². The number of fused-ring (bicyclic) bond motifs is 1. The van der Waals surface area contributed by atoms with E-state index in [4.69, 9.17) is 4.74 Å². The van der Waals surface area contributed by atoms with Crippen LogP contribution in [0.1, 0.15) is 28.3 Å². The van der Waals surface area contributed by atoms with Gasteiger partial charge in [0.2, 0.25) is 0 Å². The molecule has 180 valence electrons. The van der Waals surface area contributed by atoms with E-state index in [1.54, 1.807) is 0 Å². The van der Waals surface area contributed by atoms with Crippen molar-refractivity contribution in [2.45, 2.75) is 18.4 Å². The van der Waals surface area contributed by atoms with Crippen LogP contribution < -0.4 is 5.32 Å². The van der Waals surface area contributed by atoms with Gasteiger partial charge in [-0.3, -0.25) is 4.79 Å². The third kappa shape index (κ3) is 3.95. The van der Waals surface area contributed by atoms with Crippen molar-refractivity contribution in [1.82, 2.24) is 4.57 Å². The van der Waals surface area contributed by atoms with Gasteiger partial charge in [0.05, 0.1) is 13.2 Å². The van der Waals surface area contributed by atoms with Crippen molar-refractivity contribution in [1.29, 1.82) is 0 Å². The molecule has 5 aromatic rings. The lowest BCUT2D eigenvalue weighted by Crippen LogP contribution is -2.46.